The number of amides is 3. The number of benzene rings is 2. The van der Waals surface area contributed by atoms with Crippen molar-refractivity contribution >= 4 is 29.2 Å². The number of rotatable bonds is 4. The van der Waals surface area contributed by atoms with Gasteiger partial charge in [0, 0.05) is 30.6 Å². The molecule has 2 aliphatic heterocycles. The minimum Gasteiger partial charge on any atom is -0.487 e. The van der Waals surface area contributed by atoms with Gasteiger partial charge in [0.1, 0.15) is 11.9 Å². The molecule has 1 saturated heterocycles. The average molecular weight is 456 g/mol. The molecule has 2 heterocycles. The number of likely N-dealkylation sites (tertiary alicyclic amines) is 1. The second-order valence-corrected chi connectivity index (χ2v) is 9.16. The molecule has 0 aromatic heterocycles. The molecule has 2 aliphatic rings. The van der Waals surface area contributed by atoms with Crippen LogP contribution in [-0.2, 0) is 11.2 Å². The number of hydrogen-bond acceptors (Lipinski definition) is 3. The number of hydrogen-bond donors (Lipinski definition) is 1. The van der Waals surface area contributed by atoms with Gasteiger partial charge in [-0.25, -0.2) is 4.79 Å². The molecule has 1 atom stereocenters. The summed E-state index contributed by atoms with van der Waals surface area (Å²) in [5.41, 5.74) is 3.06. The van der Waals surface area contributed by atoms with Gasteiger partial charge in [-0.15, -0.1) is 0 Å². The monoisotopic (exact) mass is 455 g/mol. The first-order chi connectivity index (χ1) is 15.4. The highest BCUT2D eigenvalue weighted by molar-refractivity contribution is 6.30. The van der Waals surface area contributed by atoms with Gasteiger partial charge in [0.25, 0.3) is 0 Å². The van der Waals surface area contributed by atoms with Crippen LogP contribution in [0.4, 0.5) is 10.5 Å². The van der Waals surface area contributed by atoms with Gasteiger partial charge in [0.05, 0.1) is 12.2 Å². The Bertz CT molecular complexity index is 971. The van der Waals surface area contributed by atoms with Crippen molar-refractivity contribution < 1.29 is 14.3 Å². The zero-order valence-corrected chi connectivity index (χ0v) is 19.4. The number of carbonyl (C=O) groups excluding carboxylic acids is 2. The second kappa shape index (κ2) is 9.82. The third kappa shape index (κ3) is 5.18. The highest BCUT2D eigenvalue weighted by Crippen LogP contribution is 2.35. The third-order valence-electron chi connectivity index (χ3n) is 6.17. The quantitative estimate of drug-likeness (QED) is 0.742. The number of halogens is 1. The van der Waals surface area contributed by atoms with E-state index in [-0.39, 0.29) is 24.0 Å². The first kappa shape index (κ1) is 22.5. The first-order valence-corrected chi connectivity index (χ1v) is 11.6. The van der Waals surface area contributed by atoms with Crippen molar-refractivity contribution in [1.29, 1.82) is 0 Å². The fourth-order valence-electron chi connectivity index (χ4n) is 4.36. The fourth-order valence-corrected chi connectivity index (χ4v) is 4.48. The van der Waals surface area contributed by atoms with E-state index < -0.39 is 0 Å². The predicted octanol–water partition coefficient (Wildman–Crippen LogP) is 4.43. The van der Waals surface area contributed by atoms with E-state index in [1.807, 2.05) is 66.1 Å². The molecule has 3 amide bonds. The Morgan fingerprint density at radius 1 is 1.12 bits per heavy atom. The Kier molecular flexibility index (Phi) is 6.89. The van der Waals surface area contributed by atoms with Crippen LogP contribution in [0.1, 0.15) is 30.9 Å². The minimum atomic E-state index is -0.0573. The SMILES string of the molecule is Cc1ccc2c(c1)N(C(=O)N1CCC(C(=O)NCCc3ccc(Cl)cc3)CC1)C[C@@H](C)O2. The zero-order chi connectivity index (χ0) is 22.7. The van der Waals surface area contributed by atoms with Crippen LogP contribution in [0.3, 0.4) is 0 Å². The van der Waals surface area contributed by atoms with E-state index in [9.17, 15) is 9.59 Å². The lowest BCUT2D eigenvalue weighted by atomic mass is 9.96. The van der Waals surface area contributed by atoms with Gasteiger partial charge in [-0.3, -0.25) is 9.69 Å². The molecule has 1 fully saturated rings. The smallest absolute Gasteiger partial charge is 0.324 e. The van der Waals surface area contributed by atoms with Crippen LogP contribution in [0.5, 0.6) is 5.75 Å². The number of fused-ring (bicyclic) bond motifs is 1. The van der Waals surface area contributed by atoms with E-state index in [2.05, 4.69) is 5.32 Å². The molecule has 0 unspecified atom stereocenters. The Balaban J connectivity index is 1.29. The van der Waals surface area contributed by atoms with Crippen molar-refractivity contribution in [2.75, 3.05) is 31.1 Å². The maximum Gasteiger partial charge on any atom is 0.324 e. The normalized spacial score (nSPS) is 18.7. The molecule has 32 heavy (non-hydrogen) atoms. The van der Waals surface area contributed by atoms with Crippen LogP contribution in [-0.4, -0.2) is 49.1 Å². The van der Waals surface area contributed by atoms with Crippen molar-refractivity contribution in [3.63, 3.8) is 0 Å². The Morgan fingerprint density at radius 3 is 2.56 bits per heavy atom. The Labute approximate surface area is 194 Å². The largest absolute Gasteiger partial charge is 0.487 e. The number of nitrogens with zero attached hydrogens (tertiary/aromatic N) is 2. The zero-order valence-electron chi connectivity index (χ0n) is 18.6. The summed E-state index contributed by atoms with van der Waals surface area (Å²) in [6.07, 6.45) is 2.07. The molecule has 0 radical (unpaired) electrons. The molecule has 2 aromatic carbocycles. The summed E-state index contributed by atoms with van der Waals surface area (Å²) < 4.78 is 5.91. The van der Waals surface area contributed by atoms with Crippen molar-refractivity contribution in [2.24, 2.45) is 5.92 Å². The molecule has 6 nitrogen and oxygen atoms in total. The van der Waals surface area contributed by atoms with E-state index in [0.717, 1.165) is 29.0 Å². The fraction of sp³-hybridized carbons (Fsp3) is 0.440. The molecule has 0 aliphatic carbocycles. The molecular weight excluding hydrogens is 426 g/mol. The van der Waals surface area contributed by atoms with Gasteiger partial charge in [0.2, 0.25) is 5.91 Å². The van der Waals surface area contributed by atoms with Gasteiger partial charge in [0.15, 0.2) is 0 Å². The third-order valence-corrected chi connectivity index (χ3v) is 6.42. The summed E-state index contributed by atoms with van der Waals surface area (Å²) in [7, 11) is 0. The van der Waals surface area contributed by atoms with Crippen LogP contribution >= 0.6 is 11.6 Å². The van der Waals surface area contributed by atoms with Gasteiger partial charge in [-0.05, 0) is 68.5 Å². The van der Waals surface area contributed by atoms with E-state index in [4.69, 9.17) is 16.3 Å². The van der Waals surface area contributed by atoms with Crippen LogP contribution < -0.4 is 15.0 Å². The Morgan fingerprint density at radius 2 is 1.84 bits per heavy atom. The molecule has 7 heteroatoms. The van der Waals surface area contributed by atoms with E-state index in [0.29, 0.717) is 44.0 Å². The average Bonchev–Trinajstić information content (AvgIpc) is 2.79. The summed E-state index contributed by atoms with van der Waals surface area (Å²) in [5.74, 6) is 0.770. The van der Waals surface area contributed by atoms with Gasteiger partial charge in [-0.2, -0.15) is 0 Å². The van der Waals surface area contributed by atoms with Crippen molar-refractivity contribution in [3.8, 4) is 5.75 Å². The number of urea groups is 1. The van der Waals surface area contributed by atoms with Crippen molar-refractivity contribution in [2.45, 2.75) is 39.2 Å². The van der Waals surface area contributed by atoms with Crippen LogP contribution in [0.2, 0.25) is 5.02 Å². The van der Waals surface area contributed by atoms with Crippen molar-refractivity contribution in [1.82, 2.24) is 10.2 Å². The lowest BCUT2D eigenvalue weighted by molar-refractivity contribution is -0.126. The highest BCUT2D eigenvalue weighted by atomic mass is 35.5. The number of aryl methyl sites for hydroxylation is 1. The molecule has 4 rings (SSSR count). The van der Waals surface area contributed by atoms with Crippen LogP contribution in [0.25, 0.3) is 0 Å². The summed E-state index contributed by atoms with van der Waals surface area (Å²) in [6, 6.07) is 13.6. The molecule has 170 valence electrons. The molecule has 2 aromatic rings. The lowest BCUT2D eigenvalue weighted by Gasteiger charge is -2.39. The van der Waals surface area contributed by atoms with E-state index in [1.165, 1.54) is 0 Å². The first-order valence-electron chi connectivity index (χ1n) is 11.3. The number of nitrogens with one attached hydrogen (secondary N) is 1. The number of ether oxygens (including phenoxy) is 1. The summed E-state index contributed by atoms with van der Waals surface area (Å²) in [5, 5.41) is 3.76. The summed E-state index contributed by atoms with van der Waals surface area (Å²) >= 11 is 5.91. The summed E-state index contributed by atoms with van der Waals surface area (Å²) in [4.78, 5) is 29.6. The lowest BCUT2D eigenvalue weighted by Crippen LogP contribution is -2.52. The van der Waals surface area contributed by atoms with Gasteiger partial charge < -0.3 is 15.0 Å². The number of anilines is 1. The van der Waals surface area contributed by atoms with Crippen LogP contribution in [0, 0.1) is 12.8 Å². The Hall–Kier alpha value is -2.73. The maximum absolute atomic E-state index is 13.3. The minimum absolute atomic E-state index is 0.00593. The molecular formula is C25H30ClN3O3. The van der Waals surface area contributed by atoms with Gasteiger partial charge >= 0.3 is 6.03 Å². The second-order valence-electron chi connectivity index (χ2n) is 8.72. The molecule has 0 saturated carbocycles. The van der Waals surface area contributed by atoms with Gasteiger partial charge in [-0.1, -0.05) is 29.8 Å². The predicted molar refractivity (Wildman–Crippen MR) is 126 cm³/mol. The number of piperidine rings is 1. The van der Waals surface area contributed by atoms with Crippen LogP contribution in [0.15, 0.2) is 42.5 Å². The molecule has 0 bridgehead atoms. The molecule has 0 spiro atoms. The van der Waals surface area contributed by atoms with E-state index in [1.54, 1.807) is 0 Å². The topological polar surface area (TPSA) is 61.9 Å². The molecule has 1 N–H and O–H groups in total. The van der Waals surface area contributed by atoms with E-state index >= 15 is 0 Å². The number of carbonyl (C=O) groups is 2. The standard InChI is InChI=1S/C25H30ClN3O3/c1-17-3-8-23-22(15-17)29(16-18(2)32-23)25(31)28-13-10-20(11-14-28)24(30)27-12-9-19-4-6-21(26)7-5-19/h3-8,15,18,20H,9-14,16H2,1-2H3,(H,27,30)/t18-/m1/s1. The maximum atomic E-state index is 13.3. The highest BCUT2D eigenvalue weighted by Gasteiger charge is 2.33. The van der Waals surface area contributed by atoms with Crippen molar-refractivity contribution in [3.05, 3.63) is 58.6 Å². The summed E-state index contributed by atoms with van der Waals surface area (Å²) in [6.45, 7) is 6.28.